The maximum Gasteiger partial charge on any atom is 0.231 e. The van der Waals surface area contributed by atoms with E-state index in [4.69, 9.17) is 4.74 Å². The highest BCUT2D eigenvalue weighted by Gasteiger charge is 2.36. The number of amides is 1. The molecule has 2 N–H and O–H groups in total. The summed E-state index contributed by atoms with van der Waals surface area (Å²) in [6, 6.07) is 4.28. The molecular weight excluding hydrogens is 235 g/mol. The van der Waals surface area contributed by atoms with Gasteiger partial charge in [-0.15, -0.1) is 0 Å². The molecular formula is C13H17FN2O2. The molecule has 0 saturated carbocycles. The maximum absolute atomic E-state index is 13.6. The van der Waals surface area contributed by atoms with Crippen molar-refractivity contribution in [3.8, 4) is 5.75 Å². The summed E-state index contributed by atoms with van der Waals surface area (Å²) in [5.74, 6) is -0.111. The third kappa shape index (κ3) is 2.46. The molecule has 5 heteroatoms. The zero-order valence-corrected chi connectivity index (χ0v) is 10.5. The number of carbonyl (C=O) groups is 1. The van der Waals surface area contributed by atoms with E-state index in [9.17, 15) is 9.18 Å². The van der Waals surface area contributed by atoms with Crippen molar-refractivity contribution in [1.29, 1.82) is 0 Å². The highest BCUT2D eigenvalue weighted by molar-refractivity contribution is 5.95. The van der Waals surface area contributed by atoms with E-state index in [1.807, 2.05) is 6.92 Å². The van der Waals surface area contributed by atoms with Crippen LogP contribution in [-0.4, -0.2) is 26.1 Å². The van der Waals surface area contributed by atoms with Crippen LogP contribution in [0.5, 0.6) is 5.75 Å². The van der Waals surface area contributed by atoms with Gasteiger partial charge >= 0.3 is 0 Å². The maximum atomic E-state index is 13.6. The van der Waals surface area contributed by atoms with Crippen LogP contribution < -0.4 is 15.4 Å². The lowest BCUT2D eigenvalue weighted by atomic mass is 9.89. The van der Waals surface area contributed by atoms with Crippen molar-refractivity contribution in [3.63, 3.8) is 0 Å². The quantitative estimate of drug-likeness (QED) is 0.862. The van der Waals surface area contributed by atoms with Crippen molar-refractivity contribution in [2.75, 3.05) is 25.5 Å². The molecule has 1 aromatic rings. The molecule has 1 aliphatic rings. The second-order valence-corrected chi connectivity index (χ2v) is 4.79. The summed E-state index contributed by atoms with van der Waals surface area (Å²) in [7, 11) is 1.50. The van der Waals surface area contributed by atoms with Crippen molar-refractivity contribution in [1.82, 2.24) is 5.32 Å². The number of carbonyl (C=O) groups excluding carboxylic acids is 1. The van der Waals surface area contributed by atoms with E-state index in [2.05, 4.69) is 10.6 Å². The molecule has 0 aliphatic carbocycles. The molecule has 98 valence electrons. The third-order valence-electron chi connectivity index (χ3n) is 3.34. The Morgan fingerprint density at radius 1 is 1.56 bits per heavy atom. The van der Waals surface area contributed by atoms with Crippen LogP contribution in [0.15, 0.2) is 18.2 Å². The molecule has 1 amide bonds. The van der Waals surface area contributed by atoms with Gasteiger partial charge in [0.05, 0.1) is 18.2 Å². The van der Waals surface area contributed by atoms with E-state index >= 15 is 0 Å². The van der Waals surface area contributed by atoms with Gasteiger partial charge in [-0.25, -0.2) is 4.39 Å². The molecule has 1 saturated heterocycles. The molecule has 0 radical (unpaired) electrons. The predicted octanol–water partition coefficient (Wildman–Crippen LogP) is 1.77. The Bertz CT molecular complexity index is 456. The Hall–Kier alpha value is -1.62. The van der Waals surface area contributed by atoms with Crippen LogP contribution in [-0.2, 0) is 4.79 Å². The van der Waals surface area contributed by atoms with Gasteiger partial charge in [0.25, 0.3) is 0 Å². The number of anilines is 1. The van der Waals surface area contributed by atoms with Crippen LogP contribution in [0.2, 0.25) is 0 Å². The molecule has 1 aliphatic heterocycles. The SMILES string of the molecule is COc1ccc(F)c(NC(=O)C2(C)CCNC2)c1. The van der Waals surface area contributed by atoms with Gasteiger partial charge in [0.15, 0.2) is 0 Å². The number of hydrogen-bond acceptors (Lipinski definition) is 3. The fourth-order valence-electron chi connectivity index (χ4n) is 2.01. The second-order valence-electron chi connectivity index (χ2n) is 4.79. The summed E-state index contributed by atoms with van der Waals surface area (Å²) in [6.07, 6.45) is 0.754. The third-order valence-corrected chi connectivity index (χ3v) is 3.34. The number of halogens is 1. The van der Waals surface area contributed by atoms with Crippen LogP contribution in [0.3, 0.4) is 0 Å². The van der Waals surface area contributed by atoms with Gasteiger partial charge in [-0.2, -0.15) is 0 Å². The van der Waals surface area contributed by atoms with E-state index in [0.29, 0.717) is 12.3 Å². The first-order valence-corrected chi connectivity index (χ1v) is 5.91. The van der Waals surface area contributed by atoms with E-state index in [0.717, 1.165) is 13.0 Å². The lowest BCUT2D eigenvalue weighted by molar-refractivity contribution is -0.123. The van der Waals surface area contributed by atoms with E-state index in [1.165, 1.54) is 25.3 Å². The van der Waals surface area contributed by atoms with Crippen LogP contribution in [0.4, 0.5) is 10.1 Å². The van der Waals surface area contributed by atoms with E-state index in [-0.39, 0.29) is 11.6 Å². The summed E-state index contributed by atoms with van der Waals surface area (Å²) in [6.45, 7) is 3.30. The summed E-state index contributed by atoms with van der Waals surface area (Å²) in [5, 5.41) is 5.77. The average Bonchev–Trinajstić information content (AvgIpc) is 2.80. The van der Waals surface area contributed by atoms with Crippen molar-refractivity contribution in [2.45, 2.75) is 13.3 Å². The summed E-state index contributed by atoms with van der Waals surface area (Å²) < 4.78 is 18.6. The number of hydrogen-bond donors (Lipinski definition) is 2. The minimum absolute atomic E-state index is 0.160. The molecule has 4 nitrogen and oxygen atoms in total. The molecule has 0 bridgehead atoms. The Morgan fingerprint density at radius 2 is 2.33 bits per heavy atom. The number of ether oxygens (including phenoxy) is 1. The number of nitrogens with one attached hydrogen (secondary N) is 2. The Morgan fingerprint density at radius 3 is 2.94 bits per heavy atom. The minimum atomic E-state index is -0.477. The van der Waals surface area contributed by atoms with E-state index < -0.39 is 11.2 Å². The topological polar surface area (TPSA) is 50.4 Å². The van der Waals surface area contributed by atoms with E-state index in [1.54, 1.807) is 0 Å². The van der Waals surface area contributed by atoms with Gasteiger partial charge < -0.3 is 15.4 Å². The smallest absolute Gasteiger partial charge is 0.231 e. The van der Waals surface area contributed by atoms with Gasteiger partial charge in [-0.3, -0.25) is 4.79 Å². The molecule has 1 aromatic carbocycles. The normalized spacial score (nSPS) is 22.8. The molecule has 18 heavy (non-hydrogen) atoms. The fraction of sp³-hybridized carbons (Fsp3) is 0.462. The van der Waals surface area contributed by atoms with Crippen LogP contribution in [0.25, 0.3) is 0 Å². The zero-order valence-electron chi connectivity index (χ0n) is 10.5. The predicted molar refractivity (Wildman–Crippen MR) is 67.2 cm³/mol. The van der Waals surface area contributed by atoms with Crippen molar-refractivity contribution in [3.05, 3.63) is 24.0 Å². The van der Waals surface area contributed by atoms with Gasteiger partial charge in [-0.05, 0) is 32.0 Å². The first kappa shape index (κ1) is 12.8. The zero-order chi connectivity index (χ0) is 13.2. The Balaban J connectivity index is 2.16. The summed E-state index contributed by atoms with van der Waals surface area (Å²) >= 11 is 0. The lowest BCUT2D eigenvalue weighted by Gasteiger charge is -2.21. The summed E-state index contributed by atoms with van der Waals surface area (Å²) in [4.78, 5) is 12.1. The molecule has 1 unspecified atom stereocenters. The van der Waals surface area contributed by atoms with Crippen molar-refractivity contribution in [2.24, 2.45) is 5.41 Å². The van der Waals surface area contributed by atoms with Crippen molar-refractivity contribution >= 4 is 11.6 Å². The average molecular weight is 252 g/mol. The molecule has 0 aromatic heterocycles. The monoisotopic (exact) mass is 252 g/mol. The van der Waals surface area contributed by atoms with Gasteiger partial charge in [0.2, 0.25) is 5.91 Å². The van der Waals surface area contributed by atoms with Gasteiger partial charge in [0.1, 0.15) is 11.6 Å². The number of rotatable bonds is 3. The first-order chi connectivity index (χ1) is 8.55. The lowest BCUT2D eigenvalue weighted by Crippen LogP contribution is -2.35. The number of benzene rings is 1. The van der Waals surface area contributed by atoms with Gasteiger partial charge in [0, 0.05) is 12.6 Å². The molecule has 1 heterocycles. The first-order valence-electron chi connectivity index (χ1n) is 5.91. The summed E-state index contributed by atoms with van der Waals surface area (Å²) in [5.41, 5.74) is -0.317. The van der Waals surface area contributed by atoms with Crippen LogP contribution in [0, 0.1) is 11.2 Å². The van der Waals surface area contributed by atoms with Gasteiger partial charge in [-0.1, -0.05) is 0 Å². The molecule has 0 spiro atoms. The number of methoxy groups -OCH3 is 1. The highest BCUT2D eigenvalue weighted by Crippen LogP contribution is 2.28. The molecule has 2 rings (SSSR count). The minimum Gasteiger partial charge on any atom is -0.497 e. The Labute approximate surface area is 106 Å². The van der Waals surface area contributed by atoms with Crippen LogP contribution in [0.1, 0.15) is 13.3 Å². The molecule has 1 fully saturated rings. The second kappa shape index (κ2) is 4.94. The fourth-order valence-corrected chi connectivity index (χ4v) is 2.01. The van der Waals surface area contributed by atoms with Crippen LogP contribution >= 0.6 is 0 Å². The standard InChI is InChI=1S/C13H17FN2O2/c1-13(5-6-15-8-13)12(17)16-11-7-9(18-2)3-4-10(11)14/h3-4,7,15H,5-6,8H2,1-2H3,(H,16,17). The Kier molecular flexibility index (Phi) is 3.52. The van der Waals surface area contributed by atoms with Crippen molar-refractivity contribution < 1.29 is 13.9 Å². The largest absolute Gasteiger partial charge is 0.497 e. The highest BCUT2D eigenvalue weighted by atomic mass is 19.1. The molecule has 1 atom stereocenters.